The molecule has 0 bridgehead atoms. The molecule has 0 aliphatic rings. The number of aryl methyl sites for hydroxylation is 1. The molecule has 0 aliphatic heterocycles. The van der Waals surface area contributed by atoms with Gasteiger partial charge >= 0.3 is 6.18 Å². The summed E-state index contributed by atoms with van der Waals surface area (Å²) in [6.07, 6.45) is -1.69. The highest BCUT2D eigenvalue weighted by Crippen LogP contribution is 2.37. The lowest BCUT2D eigenvalue weighted by atomic mass is 10.0. The Kier molecular flexibility index (Phi) is 4.50. The zero-order valence-electron chi connectivity index (χ0n) is 15.1. The van der Waals surface area contributed by atoms with Gasteiger partial charge in [-0.1, -0.05) is 24.3 Å². The number of nitrogens with zero attached hydrogens (tertiary/aromatic N) is 4. The quantitative estimate of drug-likeness (QED) is 0.557. The number of aromatic nitrogens is 4. The molecule has 0 atom stereocenters. The van der Waals surface area contributed by atoms with Crippen molar-refractivity contribution in [3.8, 4) is 11.3 Å². The van der Waals surface area contributed by atoms with Crippen molar-refractivity contribution in [2.45, 2.75) is 13.1 Å². The Labute approximate surface area is 163 Å². The number of halogens is 3. The topological polar surface area (TPSA) is 72.2 Å². The Bertz CT molecular complexity index is 1200. The van der Waals surface area contributed by atoms with Crippen LogP contribution >= 0.6 is 0 Å². The van der Waals surface area contributed by atoms with Crippen LogP contribution in [0, 0.1) is 6.92 Å². The molecule has 3 aromatic heterocycles. The maximum absolute atomic E-state index is 13.5. The lowest BCUT2D eigenvalue weighted by molar-refractivity contribution is -0.137. The van der Waals surface area contributed by atoms with Gasteiger partial charge in [-0.3, -0.25) is 4.79 Å². The molecule has 0 aliphatic carbocycles. The molecule has 9 heteroatoms. The average Bonchev–Trinajstić information content (AvgIpc) is 3.10. The number of hydrogen-bond donors (Lipinski definition) is 1. The highest BCUT2D eigenvalue weighted by molar-refractivity contribution is 6.02. The number of amides is 1. The third-order valence-corrected chi connectivity index (χ3v) is 4.31. The van der Waals surface area contributed by atoms with Crippen LogP contribution in [-0.4, -0.2) is 25.5 Å². The number of alkyl halides is 3. The molecule has 0 saturated heterocycles. The Morgan fingerprint density at radius 1 is 1.07 bits per heavy atom. The van der Waals surface area contributed by atoms with Gasteiger partial charge in [0.2, 0.25) is 0 Å². The maximum atomic E-state index is 13.5. The first-order valence-electron chi connectivity index (χ1n) is 8.59. The first-order chi connectivity index (χ1) is 13.8. The summed E-state index contributed by atoms with van der Waals surface area (Å²) in [5, 5.41) is 6.93. The van der Waals surface area contributed by atoms with Crippen LogP contribution in [0.5, 0.6) is 0 Å². The molecule has 3 heterocycles. The van der Waals surface area contributed by atoms with Crippen LogP contribution in [0.3, 0.4) is 0 Å². The monoisotopic (exact) mass is 397 g/mol. The number of pyridine rings is 1. The van der Waals surface area contributed by atoms with Crippen LogP contribution in [0.25, 0.3) is 16.9 Å². The summed E-state index contributed by atoms with van der Waals surface area (Å²) >= 11 is 0. The second-order valence-corrected chi connectivity index (χ2v) is 6.30. The summed E-state index contributed by atoms with van der Waals surface area (Å²) in [4.78, 5) is 20.8. The van der Waals surface area contributed by atoms with Crippen LogP contribution in [0.4, 0.5) is 19.0 Å². The highest BCUT2D eigenvalue weighted by Gasteiger charge is 2.34. The Balaban J connectivity index is 1.82. The molecule has 4 rings (SSSR count). The van der Waals surface area contributed by atoms with Gasteiger partial charge in [-0.15, -0.1) is 0 Å². The molecule has 6 nitrogen and oxygen atoms in total. The van der Waals surface area contributed by atoms with Crippen LogP contribution < -0.4 is 5.32 Å². The van der Waals surface area contributed by atoms with E-state index in [2.05, 4.69) is 20.4 Å². The van der Waals surface area contributed by atoms with E-state index in [9.17, 15) is 18.0 Å². The van der Waals surface area contributed by atoms with E-state index in [4.69, 9.17) is 0 Å². The van der Waals surface area contributed by atoms with Gasteiger partial charge < -0.3 is 5.32 Å². The number of rotatable bonds is 3. The second kappa shape index (κ2) is 7.01. The van der Waals surface area contributed by atoms with E-state index < -0.39 is 17.6 Å². The van der Waals surface area contributed by atoms with E-state index in [1.54, 1.807) is 31.2 Å². The molecule has 146 valence electrons. The molecule has 0 radical (unpaired) electrons. The van der Waals surface area contributed by atoms with Gasteiger partial charge in [0.25, 0.3) is 5.91 Å². The van der Waals surface area contributed by atoms with Gasteiger partial charge in [-0.05, 0) is 36.8 Å². The predicted molar refractivity (Wildman–Crippen MR) is 100 cm³/mol. The molecule has 1 amide bonds. The number of fused-ring (bicyclic) bond motifs is 1. The largest absolute Gasteiger partial charge is 0.417 e. The van der Waals surface area contributed by atoms with Crippen molar-refractivity contribution in [2.24, 2.45) is 0 Å². The summed E-state index contributed by atoms with van der Waals surface area (Å²) in [7, 11) is 0. The number of imidazole rings is 1. The number of hydrogen-bond acceptors (Lipinski definition) is 4. The standard InChI is InChI=1S/C20H14F3N5O/c1-12-10-17-25-11-15(19(29)26-16-8-4-5-9-24-16)28(17)27-18(12)13-6-2-3-7-14(13)20(21,22)23/h2-11H,1H3,(H,24,26,29). The molecule has 0 fully saturated rings. The van der Waals surface area contributed by atoms with E-state index in [1.165, 1.54) is 35.1 Å². The zero-order valence-corrected chi connectivity index (χ0v) is 15.1. The Hall–Kier alpha value is -3.75. The van der Waals surface area contributed by atoms with Crippen LogP contribution in [-0.2, 0) is 6.18 Å². The van der Waals surface area contributed by atoms with E-state index in [0.717, 1.165) is 6.07 Å². The summed E-state index contributed by atoms with van der Waals surface area (Å²) < 4.78 is 41.6. The first kappa shape index (κ1) is 18.6. The van der Waals surface area contributed by atoms with E-state index >= 15 is 0 Å². The van der Waals surface area contributed by atoms with Crippen LogP contribution in [0.1, 0.15) is 21.6 Å². The minimum Gasteiger partial charge on any atom is -0.305 e. The van der Waals surface area contributed by atoms with Gasteiger partial charge in [-0.25, -0.2) is 14.5 Å². The van der Waals surface area contributed by atoms with Gasteiger partial charge in [0, 0.05) is 11.8 Å². The first-order valence-corrected chi connectivity index (χ1v) is 8.59. The highest BCUT2D eigenvalue weighted by atomic mass is 19.4. The summed E-state index contributed by atoms with van der Waals surface area (Å²) in [5.74, 6) is -0.190. The van der Waals surface area contributed by atoms with Crippen molar-refractivity contribution >= 4 is 17.4 Å². The maximum Gasteiger partial charge on any atom is 0.417 e. The Morgan fingerprint density at radius 2 is 1.83 bits per heavy atom. The number of nitrogens with one attached hydrogen (secondary N) is 1. The number of carbonyl (C=O) groups is 1. The molecular formula is C20H14F3N5O. The summed E-state index contributed by atoms with van der Waals surface area (Å²) in [6.45, 7) is 1.65. The lowest BCUT2D eigenvalue weighted by Crippen LogP contribution is -2.16. The predicted octanol–water partition coefficient (Wildman–Crippen LogP) is 4.37. The van der Waals surface area contributed by atoms with E-state index in [-0.39, 0.29) is 17.0 Å². The fourth-order valence-electron chi connectivity index (χ4n) is 2.98. The number of carbonyl (C=O) groups excluding carboxylic acids is 1. The fourth-order valence-corrected chi connectivity index (χ4v) is 2.98. The van der Waals surface area contributed by atoms with Crippen molar-refractivity contribution in [1.82, 2.24) is 19.6 Å². The zero-order chi connectivity index (χ0) is 20.6. The van der Waals surface area contributed by atoms with E-state index in [1.807, 2.05) is 0 Å². The van der Waals surface area contributed by atoms with Crippen molar-refractivity contribution in [2.75, 3.05) is 5.32 Å². The molecule has 1 aromatic carbocycles. The van der Waals surface area contributed by atoms with E-state index in [0.29, 0.717) is 17.0 Å². The van der Waals surface area contributed by atoms with Gasteiger partial charge in [-0.2, -0.15) is 18.3 Å². The van der Waals surface area contributed by atoms with Crippen LogP contribution in [0.2, 0.25) is 0 Å². The summed E-state index contributed by atoms with van der Waals surface area (Å²) in [6, 6.07) is 11.8. The van der Waals surface area contributed by atoms with Crippen molar-refractivity contribution in [3.63, 3.8) is 0 Å². The van der Waals surface area contributed by atoms with Gasteiger partial charge in [0.1, 0.15) is 5.82 Å². The van der Waals surface area contributed by atoms with Crippen LogP contribution in [0.15, 0.2) is 60.9 Å². The third kappa shape index (κ3) is 3.54. The minimum atomic E-state index is -4.53. The third-order valence-electron chi connectivity index (χ3n) is 4.31. The summed E-state index contributed by atoms with van der Waals surface area (Å²) in [5.41, 5.74) is 0.198. The SMILES string of the molecule is Cc1cc2ncc(C(=O)Nc3ccccn3)n2nc1-c1ccccc1C(F)(F)F. The van der Waals surface area contributed by atoms with Crippen molar-refractivity contribution in [1.29, 1.82) is 0 Å². The van der Waals surface area contributed by atoms with Gasteiger partial charge in [0.15, 0.2) is 11.3 Å². The normalized spacial score (nSPS) is 11.6. The molecule has 0 spiro atoms. The smallest absolute Gasteiger partial charge is 0.305 e. The number of benzene rings is 1. The average molecular weight is 397 g/mol. The lowest BCUT2D eigenvalue weighted by Gasteiger charge is -2.14. The molecule has 1 N–H and O–H groups in total. The molecule has 0 unspecified atom stereocenters. The minimum absolute atomic E-state index is 0.0656. The number of anilines is 1. The van der Waals surface area contributed by atoms with Crippen molar-refractivity contribution in [3.05, 3.63) is 77.7 Å². The molecular weight excluding hydrogens is 383 g/mol. The van der Waals surface area contributed by atoms with Crippen molar-refractivity contribution < 1.29 is 18.0 Å². The Morgan fingerprint density at radius 3 is 2.55 bits per heavy atom. The fraction of sp³-hybridized carbons (Fsp3) is 0.100. The second-order valence-electron chi connectivity index (χ2n) is 6.30. The molecule has 4 aromatic rings. The van der Waals surface area contributed by atoms with Gasteiger partial charge in [0.05, 0.1) is 17.5 Å². The molecule has 0 saturated carbocycles. The molecule has 29 heavy (non-hydrogen) atoms.